The summed E-state index contributed by atoms with van der Waals surface area (Å²) in [4.78, 5) is 15.0. The maximum Gasteiger partial charge on any atom is 0.253 e. The van der Waals surface area contributed by atoms with Crippen LogP contribution in [0.3, 0.4) is 0 Å². The minimum Gasteiger partial charge on any atom is -0.378 e. The van der Waals surface area contributed by atoms with Gasteiger partial charge in [-0.1, -0.05) is 0 Å². The van der Waals surface area contributed by atoms with Crippen LogP contribution in [0.25, 0.3) is 0 Å². The van der Waals surface area contributed by atoms with Gasteiger partial charge in [0.15, 0.2) is 0 Å². The molecule has 2 atom stereocenters. The van der Waals surface area contributed by atoms with Crippen molar-refractivity contribution in [3.63, 3.8) is 0 Å². The molecular weight excluding hydrogens is 266 g/mol. The summed E-state index contributed by atoms with van der Waals surface area (Å²) in [6, 6.07) is 2.41. The Morgan fingerprint density at radius 1 is 1.29 bits per heavy atom. The summed E-state index contributed by atoms with van der Waals surface area (Å²) in [5, 5.41) is 3.18. The lowest BCUT2D eigenvalue weighted by Crippen LogP contribution is -2.50. The fraction of sp³-hybridized carbons (Fsp3) is 0.688. The van der Waals surface area contributed by atoms with Crippen LogP contribution in [-0.2, 0) is 11.8 Å². The molecule has 21 heavy (non-hydrogen) atoms. The van der Waals surface area contributed by atoms with Crippen LogP contribution >= 0.6 is 0 Å². The predicted octanol–water partition coefficient (Wildman–Crippen LogP) is 1.23. The zero-order valence-corrected chi connectivity index (χ0v) is 13.2. The first-order valence-corrected chi connectivity index (χ1v) is 7.83. The molecule has 5 nitrogen and oxygen atoms in total. The smallest absolute Gasteiger partial charge is 0.253 e. The third kappa shape index (κ3) is 2.72. The molecule has 5 heteroatoms. The second kappa shape index (κ2) is 5.81. The van der Waals surface area contributed by atoms with E-state index in [0.29, 0.717) is 12.6 Å². The van der Waals surface area contributed by atoms with E-state index in [-0.39, 0.29) is 11.9 Å². The first-order valence-electron chi connectivity index (χ1n) is 7.83. The SMILES string of the molecule is Cc1cc(C(=O)N[C@H]2COC[C@@H]2N2CCCC2)c(C)n1C. The summed E-state index contributed by atoms with van der Waals surface area (Å²) < 4.78 is 7.67. The van der Waals surface area contributed by atoms with Crippen molar-refractivity contribution in [2.24, 2.45) is 7.05 Å². The number of nitrogens with one attached hydrogen (secondary N) is 1. The molecule has 2 fully saturated rings. The number of carbonyl (C=O) groups excluding carboxylic acids is 1. The molecule has 2 saturated heterocycles. The van der Waals surface area contributed by atoms with Gasteiger partial charge in [0.1, 0.15) is 0 Å². The Labute approximate surface area is 126 Å². The molecule has 0 aliphatic carbocycles. The van der Waals surface area contributed by atoms with Crippen molar-refractivity contribution >= 4 is 5.91 Å². The van der Waals surface area contributed by atoms with Crippen LogP contribution in [0.5, 0.6) is 0 Å². The molecule has 0 bridgehead atoms. The van der Waals surface area contributed by atoms with E-state index in [2.05, 4.69) is 14.8 Å². The van der Waals surface area contributed by atoms with Gasteiger partial charge in [-0.3, -0.25) is 9.69 Å². The van der Waals surface area contributed by atoms with E-state index in [4.69, 9.17) is 4.74 Å². The van der Waals surface area contributed by atoms with Crippen LogP contribution in [0.4, 0.5) is 0 Å². The summed E-state index contributed by atoms with van der Waals surface area (Å²) in [5.74, 6) is 0.0240. The molecule has 0 unspecified atom stereocenters. The van der Waals surface area contributed by atoms with E-state index in [1.165, 1.54) is 12.8 Å². The van der Waals surface area contributed by atoms with Crippen LogP contribution in [0.1, 0.15) is 34.6 Å². The van der Waals surface area contributed by atoms with Crippen LogP contribution in [0.15, 0.2) is 6.07 Å². The van der Waals surface area contributed by atoms with Gasteiger partial charge in [-0.25, -0.2) is 0 Å². The third-order valence-electron chi connectivity index (χ3n) is 5.00. The molecule has 0 spiro atoms. The van der Waals surface area contributed by atoms with Gasteiger partial charge < -0.3 is 14.6 Å². The number of hydrogen-bond donors (Lipinski definition) is 1. The van der Waals surface area contributed by atoms with Gasteiger partial charge in [-0.15, -0.1) is 0 Å². The van der Waals surface area contributed by atoms with Crippen LogP contribution in [0, 0.1) is 13.8 Å². The fourth-order valence-electron chi connectivity index (χ4n) is 3.45. The van der Waals surface area contributed by atoms with E-state index in [0.717, 1.165) is 36.6 Å². The zero-order valence-electron chi connectivity index (χ0n) is 13.2. The number of ether oxygens (including phenoxy) is 1. The van der Waals surface area contributed by atoms with E-state index in [9.17, 15) is 4.79 Å². The van der Waals surface area contributed by atoms with Crippen molar-refractivity contribution in [2.75, 3.05) is 26.3 Å². The molecule has 0 radical (unpaired) electrons. The van der Waals surface area contributed by atoms with E-state index >= 15 is 0 Å². The van der Waals surface area contributed by atoms with Crippen molar-refractivity contribution in [3.05, 3.63) is 23.0 Å². The maximum absolute atomic E-state index is 12.5. The normalized spacial score (nSPS) is 26.4. The number of aryl methyl sites for hydroxylation is 1. The molecule has 2 aliphatic heterocycles. The highest BCUT2D eigenvalue weighted by molar-refractivity contribution is 5.96. The second-order valence-electron chi connectivity index (χ2n) is 6.27. The van der Waals surface area contributed by atoms with E-state index < -0.39 is 0 Å². The van der Waals surface area contributed by atoms with Crippen LogP contribution in [0.2, 0.25) is 0 Å². The third-order valence-corrected chi connectivity index (χ3v) is 5.00. The lowest BCUT2D eigenvalue weighted by Gasteiger charge is -2.27. The Bertz CT molecular complexity index is 532. The van der Waals surface area contributed by atoms with E-state index in [1.54, 1.807) is 0 Å². The Kier molecular flexibility index (Phi) is 4.04. The fourth-order valence-corrected chi connectivity index (χ4v) is 3.45. The van der Waals surface area contributed by atoms with Gasteiger partial charge in [-0.05, 0) is 45.8 Å². The molecule has 116 valence electrons. The summed E-state index contributed by atoms with van der Waals surface area (Å²) >= 11 is 0. The quantitative estimate of drug-likeness (QED) is 0.911. The Balaban J connectivity index is 1.70. The average molecular weight is 291 g/mol. The molecule has 3 rings (SSSR count). The highest BCUT2D eigenvalue weighted by Crippen LogP contribution is 2.20. The van der Waals surface area contributed by atoms with E-state index in [1.807, 2.05) is 27.0 Å². The molecular formula is C16H25N3O2. The number of nitrogens with zero attached hydrogens (tertiary/aromatic N) is 2. The average Bonchev–Trinajstić information content (AvgIpc) is 3.16. The van der Waals surface area contributed by atoms with Gasteiger partial charge in [0.2, 0.25) is 0 Å². The standard InChI is InChI=1S/C16H25N3O2/c1-11-8-13(12(2)18(11)3)16(20)17-14-9-21-10-15(14)19-6-4-5-7-19/h8,14-15H,4-7,9-10H2,1-3H3,(H,17,20)/t14-,15-/m0/s1. The highest BCUT2D eigenvalue weighted by Gasteiger charge is 2.35. The number of likely N-dealkylation sites (tertiary alicyclic amines) is 1. The second-order valence-corrected chi connectivity index (χ2v) is 6.27. The molecule has 0 aromatic carbocycles. The molecule has 0 saturated carbocycles. The molecule has 1 N–H and O–H groups in total. The van der Waals surface area contributed by atoms with Crippen molar-refractivity contribution < 1.29 is 9.53 Å². The van der Waals surface area contributed by atoms with Crippen molar-refractivity contribution in [3.8, 4) is 0 Å². The topological polar surface area (TPSA) is 46.5 Å². The molecule has 1 amide bonds. The largest absolute Gasteiger partial charge is 0.378 e. The van der Waals surface area contributed by atoms with Gasteiger partial charge in [0, 0.05) is 18.4 Å². The van der Waals surface area contributed by atoms with Gasteiger partial charge in [0.25, 0.3) is 5.91 Å². The zero-order chi connectivity index (χ0) is 15.0. The van der Waals surface area contributed by atoms with Gasteiger partial charge in [-0.2, -0.15) is 0 Å². The van der Waals surface area contributed by atoms with Crippen molar-refractivity contribution in [2.45, 2.75) is 38.8 Å². The summed E-state index contributed by atoms with van der Waals surface area (Å²) in [7, 11) is 1.99. The van der Waals surface area contributed by atoms with Crippen molar-refractivity contribution in [1.29, 1.82) is 0 Å². The maximum atomic E-state index is 12.5. The Morgan fingerprint density at radius 2 is 2.00 bits per heavy atom. The minimum absolute atomic E-state index is 0.0240. The highest BCUT2D eigenvalue weighted by atomic mass is 16.5. The van der Waals surface area contributed by atoms with Crippen molar-refractivity contribution in [1.82, 2.24) is 14.8 Å². The number of rotatable bonds is 3. The summed E-state index contributed by atoms with van der Waals surface area (Å²) in [5.41, 5.74) is 2.90. The monoisotopic (exact) mass is 291 g/mol. The minimum atomic E-state index is 0.0240. The van der Waals surface area contributed by atoms with Crippen LogP contribution in [-0.4, -0.2) is 53.8 Å². The molecule has 3 heterocycles. The Morgan fingerprint density at radius 3 is 2.62 bits per heavy atom. The Hall–Kier alpha value is -1.33. The number of hydrogen-bond acceptors (Lipinski definition) is 3. The number of amides is 1. The first-order chi connectivity index (χ1) is 10.1. The predicted molar refractivity (Wildman–Crippen MR) is 81.6 cm³/mol. The number of aromatic nitrogens is 1. The first kappa shape index (κ1) is 14.6. The molecule has 2 aliphatic rings. The van der Waals surface area contributed by atoms with Gasteiger partial charge in [0.05, 0.1) is 30.9 Å². The summed E-state index contributed by atoms with van der Waals surface area (Å²) in [6.07, 6.45) is 2.52. The number of carbonyl (C=O) groups is 1. The van der Waals surface area contributed by atoms with Crippen LogP contribution < -0.4 is 5.32 Å². The molecule has 1 aromatic rings. The lowest BCUT2D eigenvalue weighted by molar-refractivity contribution is 0.0916. The molecule has 1 aromatic heterocycles. The van der Waals surface area contributed by atoms with Gasteiger partial charge >= 0.3 is 0 Å². The lowest BCUT2D eigenvalue weighted by atomic mass is 10.1. The summed E-state index contributed by atoms with van der Waals surface area (Å²) in [6.45, 7) is 7.63.